The summed E-state index contributed by atoms with van der Waals surface area (Å²) in [5.74, 6) is 1.53. The fourth-order valence-corrected chi connectivity index (χ4v) is 3.96. The predicted molar refractivity (Wildman–Crippen MR) is 125 cm³/mol. The van der Waals surface area contributed by atoms with Crippen LogP contribution in [0.5, 0.6) is 11.5 Å². The van der Waals surface area contributed by atoms with Gasteiger partial charge in [0, 0.05) is 17.5 Å². The Kier molecular flexibility index (Phi) is 7.47. The molecule has 0 aliphatic heterocycles. The monoisotopic (exact) mass is 436 g/mol. The largest absolute Gasteiger partial charge is 0.497 e. The summed E-state index contributed by atoms with van der Waals surface area (Å²) < 4.78 is 11.2. The Morgan fingerprint density at radius 3 is 2.61 bits per heavy atom. The number of benzene rings is 2. The van der Waals surface area contributed by atoms with E-state index in [1.165, 1.54) is 22.5 Å². The molecular formula is C25H28N2O3S. The van der Waals surface area contributed by atoms with E-state index in [0.717, 1.165) is 27.8 Å². The van der Waals surface area contributed by atoms with E-state index in [2.05, 4.69) is 44.5 Å². The van der Waals surface area contributed by atoms with Crippen LogP contribution in [0.15, 0.2) is 54.4 Å². The number of rotatable bonds is 9. The van der Waals surface area contributed by atoms with Gasteiger partial charge in [-0.05, 0) is 67.8 Å². The molecule has 1 aromatic heterocycles. The summed E-state index contributed by atoms with van der Waals surface area (Å²) in [5, 5.41) is 2.86. The molecular weight excluding hydrogens is 408 g/mol. The van der Waals surface area contributed by atoms with Crippen molar-refractivity contribution in [2.45, 2.75) is 33.9 Å². The fourth-order valence-electron chi connectivity index (χ4n) is 3.26. The quantitative estimate of drug-likeness (QED) is 0.417. The highest BCUT2D eigenvalue weighted by Gasteiger charge is 2.17. The molecule has 2 aromatic carbocycles. The summed E-state index contributed by atoms with van der Waals surface area (Å²) in [7, 11) is 1.60. The molecule has 6 heteroatoms. The van der Waals surface area contributed by atoms with Crippen LogP contribution in [0.4, 0.5) is 0 Å². The average Bonchev–Trinajstić information content (AvgIpc) is 3.22. The van der Waals surface area contributed by atoms with E-state index in [9.17, 15) is 4.79 Å². The molecule has 0 bridgehead atoms. The lowest BCUT2D eigenvalue weighted by atomic mass is 10.1. The van der Waals surface area contributed by atoms with Gasteiger partial charge in [0.25, 0.3) is 5.91 Å². The number of methoxy groups -OCH3 is 1. The number of nitrogens with zero attached hydrogens (tertiary/aromatic N) is 2. The predicted octanol–water partition coefficient (Wildman–Crippen LogP) is 5.48. The van der Waals surface area contributed by atoms with Gasteiger partial charge in [0.2, 0.25) is 0 Å². The van der Waals surface area contributed by atoms with Crippen molar-refractivity contribution in [2.75, 3.05) is 13.7 Å². The molecule has 0 spiro atoms. The molecule has 1 heterocycles. The molecule has 0 aliphatic carbocycles. The lowest BCUT2D eigenvalue weighted by molar-refractivity contribution is 0.0761. The summed E-state index contributed by atoms with van der Waals surface area (Å²) in [5.41, 5.74) is 4.97. The number of hydrogen-bond acceptors (Lipinski definition) is 5. The molecule has 3 rings (SSSR count). The molecule has 0 aliphatic rings. The Morgan fingerprint density at radius 1 is 1.19 bits per heavy atom. The van der Waals surface area contributed by atoms with Gasteiger partial charge >= 0.3 is 0 Å². The van der Waals surface area contributed by atoms with Crippen molar-refractivity contribution in [1.29, 1.82) is 0 Å². The van der Waals surface area contributed by atoms with E-state index in [0.29, 0.717) is 25.3 Å². The maximum Gasteiger partial charge on any atom is 0.254 e. The van der Waals surface area contributed by atoms with Crippen molar-refractivity contribution in [3.8, 4) is 11.5 Å². The van der Waals surface area contributed by atoms with Gasteiger partial charge in [-0.25, -0.2) is 4.98 Å². The number of amides is 1. The summed E-state index contributed by atoms with van der Waals surface area (Å²) in [4.78, 5) is 19.3. The lowest BCUT2D eigenvalue weighted by Crippen LogP contribution is -2.30. The number of ether oxygens (including phenoxy) is 2. The van der Waals surface area contributed by atoms with Crippen LogP contribution in [-0.4, -0.2) is 29.4 Å². The van der Waals surface area contributed by atoms with Crippen LogP contribution >= 0.6 is 11.3 Å². The molecule has 0 radical (unpaired) electrons. The Hall–Kier alpha value is -3.12. The van der Waals surface area contributed by atoms with Gasteiger partial charge in [0.15, 0.2) is 0 Å². The third-order valence-corrected chi connectivity index (χ3v) is 5.91. The number of carbonyl (C=O) groups excluding carboxylic acids is 1. The molecule has 0 unspecified atom stereocenters. The number of hydrogen-bond donors (Lipinski definition) is 0. The van der Waals surface area contributed by atoms with Crippen molar-refractivity contribution in [3.05, 3.63) is 87.4 Å². The minimum atomic E-state index is -0.0702. The standard InChI is InChI=1S/C25H28N2O3S/c1-6-11-27(25(28)20-7-9-22(29-5)10-8-20)14-21-16-31-24(26-21)15-30-23-13-17(2)12-18(3)19(23)4/h6-10,12-13,16H,1,11,14-15H2,2-5H3. The molecule has 0 saturated carbocycles. The van der Waals surface area contributed by atoms with Crippen molar-refractivity contribution in [1.82, 2.24) is 9.88 Å². The summed E-state index contributed by atoms with van der Waals surface area (Å²) in [6, 6.07) is 11.3. The van der Waals surface area contributed by atoms with Crippen LogP contribution in [0.3, 0.4) is 0 Å². The van der Waals surface area contributed by atoms with Crippen LogP contribution in [-0.2, 0) is 13.2 Å². The zero-order valence-corrected chi connectivity index (χ0v) is 19.3. The van der Waals surface area contributed by atoms with Gasteiger partial charge in [-0.1, -0.05) is 12.1 Å². The molecule has 1 amide bonds. The Bertz CT molecular complexity index is 1060. The van der Waals surface area contributed by atoms with Gasteiger partial charge in [0.05, 0.1) is 19.3 Å². The van der Waals surface area contributed by atoms with E-state index in [1.54, 1.807) is 42.4 Å². The summed E-state index contributed by atoms with van der Waals surface area (Å²) in [6.07, 6.45) is 1.72. The first-order valence-corrected chi connectivity index (χ1v) is 11.0. The molecule has 5 nitrogen and oxygen atoms in total. The molecule has 0 saturated heterocycles. The highest BCUT2D eigenvalue weighted by Crippen LogP contribution is 2.25. The van der Waals surface area contributed by atoms with Gasteiger partial charge in [-0.15, -0.1) is 17.9 Å². The van der Waals surface area contributed by atoms with Crippen molar-refractivity contribution >= 4 is 17.2 Å². The third kappa shape index (κ3) is 5.73. The van der Waals surface area contributed by atoms with Crippen molar-refractivity contribution < 1.29 is 14.3 Å². The molecule has 3 aromatic rings. The van der Waals surface area contributed by atoms with Crippen molar-refractivity contribution in [2.24, 2.45) is 0 Å². The van der Waals surface area contributed by atoms with Crippen LogP contribution in [0.2, 0.25) is 0 Å². The smallest absolute Gasteiger partial charge is 0.254 e. The highest BCUT2D eigenvalue weighted by molar-refractivity contribution is 7.09. The number of thiazole rings is 1. The summed E-state index contributed by atoms with van der Waals surface area (Å²) in [6.45, 7) is 11.3. The second kappa shape index (κ2) is 10.3. The average molecular weight is 437 g/mol. The molecule has 0 fully saturated rings. The van der Waals surface area contributed by atoms with E-state index in [4.69, 9.17) is 9.47 Å². The van der Waals surface area contributed by atoms with Gasteiger partial charge in [-0.3, -0.25) is 4.79 Å². The van der Waals surface area contributed by atoms with E-state index in [1.807, 2.05) is 5.38 Å². The van der Waals surface area contributed by atoms with E-state index < -0.39 is 0 Å². The fraction of sp³-hybridized carbons (Fsp3) is 0.280. The second-order valence-electron chi connectivity index (χ2n) is 7.43. The molecule has 0 atom stereocenters. The molecule has 0 N–H and O–H groups in total. The van der Waals surface area contributed by atoms with Crippen LogP contribution in [0.25, 0.3) is 0 Å². The minimum absolute atomic E-state index is 0.0702. The minimum Gasteiger partial charge on any atom is -0.497 e. The number of aryl methyl sites for hydroxylation is 2. The first-order valence-electron chi connectivity index (χ1n) is 10.1. The zero-order valence-electron chi connectivity index (χ0n) is 18.5. The van der Waals surface area contributed by atoms with Gasteiger partial charge in [0.1, 0.15) is 23.1 Å². The highest BCUT2D eigenvalue weighted by atomic mass is 32.1. The number of carbonyl (C=O) groups is 1. The van der Waals surface area contributed by atoms with Crippen LogP contribution in [0, 0.1) is 20.8 Å². The van der Waals surface area contributed by atoms with E-state index in [-0.39, 0.29) is 5.91 Å². The maximum absolute atomic E-state index is 12.9. The van der Waals surface area contributed by atoms with Crippen LogP contribution < -0.4 is 9.47 Å². The Labute approximate surface area is 188 Å². The van der Waals surface area contributed by atoms with Crippen LogP contribution in [0.1, 0.15) is 37.7 Å². The van der Waals surface area contributed by atoms with Gasteiger partial charge in [-0.2, -0.15) is 0 Å². The topological polar surface area (TPSA) is 51.7 Å². The normalized spacial score (nSPS) is 10.6. The zero-order chi connectivity index (χ0) is 22.4. The number of aromatic nitrogens is 1. The van der Waals surface area contributed by atoms with Gasteiger partial charge < -0.3 is 14.4 Å². The Balaban J connectivity index is 1.67. The maximum atomic E-state index is 12.9. The first kappa shape index (κ1) is 22.6. The SMILES string of the molecule is C=CCN(Cc1csc(COc2cc(C)cc(C)c2C)n1)C(=O)c1ccc(OC)cc1. The Morgan fingerprint density at radius 2 is 1.94 bits per heavy atom. The van der Waals surface area contributed by atoms with Crippen molar-refractivity contribution in [3.63, 3.8) is 0 Å². The lowest BCUT2D eigenvalue weighted by Gasteiger charge is -2.20. The molecule has 31 heavy (non-hydrogen) atoms. The third-order valence-electron chi connectivity index (χ3n) is 5.04. The first-order chi connectivity index (χ1) is 14.9. The second-order valence-corrected chi connectivity index (χ2v) is 8.37. The van der Waals surface area contributed by atoms with E-state index >= 15 is 0 Å². The summed E-state index contributed by atoms with van der Waals surface area (Å²) >= 11 is 1.54. The molecule has 162 valence electrons.